The molecule has 1 fully saturated rings. The van der Waals surface area contributed by atoms with Gasteiger partial charge in [0.1, 0.15) is 11.7 Å². The minimum atomic E-state index is -0.666. The number of ketones is 2. The van der Waals surface area contributed by atoms with Crippen molar-refractivity contribution in [3.8, 4) is 0 Å². The topological polar surface area (TPSA) is 72.8 Å². The van der Waals surface area contributed by atoms with E-state index in [0.717, 1.165) is 12.8 Å². The van der Waals surface area contributed by atoms with E-state index in [1.807, 2.05) is 33.8 Å². The number of carbonyl (C=O) groups is 2. The quantitative estimate of drug-likeness (QED) is 0.778. The summed E-state index contributed by atoms with van der Waals surface area (Å²) in [5, 5.41) is 10.0. The summed E-state index contributed by atoms with van der Waals surface area (Å²) in [5.74, 6) is 0.430. The molecule has 0 radical (unpaired) electrons. The van der Waals surface area contributed by atoms with Crippen molar-refractivity contribution in [2.24, 2.45) is 22.7 Å². The molecule has 4 rings (SSSR count). The number of allylic oxidation sites excluding steroid dienone is 2. The lowest BCUT2D eigenvalue weighted by Crippen LogP contribution is -2.63. The first-order chi connectivity index (χ1) is 12.1. The molecule has 5 nitrogen and oxygen atoms in total. The third-order valence-corrected chi connectivity index (χ3v) is 7.50. The average molecular weight is 360 g/mol. The van der Waals surface area contributed by atoms with E-state index in [0.29, 0.717) is 24.4 Å². The fourth-order valence-corrected chi connectivity index (χ4v) is 5.91. The van der Waals surface area contributed by atoms with Gasteiger partial charge in [-0.05, 0) is 45.1 Å². The van der Waals surface area contributed by atoms with Crippen LogP contribution >= 0.6 is 0 Å². The van der Waals surface area contributed by atoms with Gasteiger partial charge in [-0.15, -0.1) is 0 Å². The molecule has 142 valence electrons. The van der Waals surface area contributed by atoms with Gasteiger partial charge in [-0.1, -0.05) is 19.9 Å². The van der Waals surface area contributed by atoms with Crippen molar-refractivity contribution in [3.05, 3.63) is 23.7 Å². The van der Waals surface area contributed by atoms with Gasteiger partial charge in [0.15, 0.2) is 11.6 Å². The van der Waals surface area contributed by atoms with E-state index in [9.17, 15) is 14.7 Å². The predicted molar refractivity (Wildman–Crippen MR) is 95.0 cm³/mol. The molecule has 6 unspecified atom stereocenters. The van der Waals surface area contributed by atoms with Crippen LogP contribution in [0, 0.1) is 22.7 Å². The number of hydrogen-bond acceptors (Lipinski definition) is 5. The first kappa shape index (κ1) is 17.8. The molecule has 0 aromatic rings. The highest BCUT2D eigenvalue weighted by atomic mass is 16.7. The Bertz CT molecular complexity index is 737. The molecule has 26 heavy (non-hydrogen) atoms. The maximum Gasteiger partial charge on any atom is 0.286 e. The highest BCUT2D eigenvalue weighted by molar-refractivity contribution is 5.98. The third-order valence-electron chi connectivity index (χ3n) is 7.50. The van der Waals surface area contributed by atoms with Crippen molar-refractivity contribution in [1.29, 1.82) is 0 Å². The van der Waals surface area contributed by atoms with E-state index < -0.39 is 16.4 Å². The highest BCUT2D eigenvalue weighted by Gasteiger charge is 2.64. The zero-order valence-electron chi connectivity index (χ0n) is 16.0. The van der Waals surface area contributed by atoms with Crippen LogP contribution in [0.1, 0.15) is 53.4 Å². The largest absolute Gasteiger partial charge is 0.462 e. The Kier molecular flexibility index (Phi) is 3.72. The SMILES string of the molecule is CC1CC(=O)C2=C(O1)OC1(C)CCC3C(C)(CO)C=CC(=O)C3(C)C1C2. The van der Waals surface area contributed by atoms with E-state index in [2.05, 4.69) is 0 Å². The van der Waals surface area contributed by atoms with Gasteiger partial charge in [0, 0.05) is 23.2 Å². The number of hydrogen-bond donors (Lipinski definition) is 1. The maximum absolute atomic E-state index is 13.1. The van der Waals surface area contributed by atoms with Crippen LogP contribution < -0.4 is 0 Å². The second-order valence-corrected chi connectivity index (χ2v) is 9.23. The van der Waals surface area contributed by atoms with Crippen molar-refractivity contribution in [2.45, 2.75) is 65.1 Å². The third kappa shape index (κ3) is 2.19. The fraction of sp³-hybridized carbons (Fsp3) is 0.714. The number of carbonyl (C=O) groups excluding carboxylic acids is 2. The number of fused-ring (bicyclic) bond motifs is 3. The second kappa shape index (κ2) is 5.44. The number of Topliss-reactive ketones (excluding diaryl/α,β-unsaturated/α-hetero) is 1. The van der Waals surface area contributed by atoms with Crippen LogP contribution in [0.4, 0.5) is 0 Å². The van der Waals surface area contributed by atoms with Gasteiger partial charge in [0.25, 0.3) is 5.95 Å². The number of rotatable bonds is 1. The molecule has 0 aromatic carbocycles. The fourth-order valence-electron chi connectivity index (χ4n) is 5.91. The van der Waals surface area contributed by atoms with Gasteiger partial charge < -0.3 is 14.6 Å². The van der Waals surface area contributed by atoms with Crippen LogP contribution in [-0.2, 0) is 19.1 Å². The van der Waals surface area contributed by atoms with E-state index in [1.54, 1.807) is 6.08 Å². The zero-order chi connectivity index (χ0) is 18.9. The lowest BCUT2D eigenvalue weighted by Gasteiger charge is -2.60. The first-order valence-corrected chi connectivity index (χ1v) is 9.60. The van der Waals surface area contributed by atoms with Gasteiger partial charge in [-0.2, -0.15) is 0 Å². The molecular weight excluding hydrogens is 332 g/mol. The lowest BCUT2D eigenvalue weighted by molar-refractivity contribution is -0.204. The Balaban J connectivity index is 1.80. The van der Waals surface area contributed by atoms with Crippen LogP contribution in [0.3, 0.4) is 0 Å². The summed E-state index contributed by atoms with van der Waals surface area (Å²) in [6.07, 6.45) is 5.75. The molecule has 0 saturated heterocycles. The van der Waals surface area contributed by atoms with Crippen molar-refractivity contribution in [1.82, 2.24) is 0 Å². The summed E-state index contributed by atoms with van der Waals surface area (Å²) in [6.45, 7) is 7.95. The van der Waals surface area contributed by atoms with Gasteiger partial charge >= 0.3 is 0 Å². The summed E-state index contributed by atoms with van der Waals surface area (Å²) in [7, 11) is 0. The summed E-state index contributed by atoms with van der Waals surface area (Å²) < 4.78 is 12.1. The Morgan fingerprint density at radius 1 is 1.19 bits per heavy atom. The van der Waals surface area contributed by atoms with Gasteiger partial charge in [0.2, 0.25) is 0 Å². The molecule has 0 amide bonds. The molecule has 5 heteroatoms. The molecule has 1 N–H and O–H groups in total. The standard InChI is InChI=1S/C21H28O5/c1-12-9-14(23)13-10-16-20(3,26-18(13)25-12)8-5-15-19(2,11-22)7-6-17(24)21(15,16)4/h6-7,12,15-16,22H,5,8-11H2,1-4H3. The van der Waals surface area contributed by atoms with Crippen LogP contribution in [0.15, 0.2) is 23.7 Å². The summed E-state index contributed by atoms with van der Waals surface area (Å²) in [5.41, 5.74) is -1.04. The number of aliphatic hydroxyl groups excluding tert-OH is 1. The normalized spacial score (nSPS) is 47.5. The lowest BCUT2D eigenvalue weighted by atomic mass is 9.45. The molecule has 0 bridgehead atoms. The van der Waals surface area contributed by atoms with Gasteiger partial charge in [-0.3, -0.25) is 9.59 Å². The minimum absolute atomic E-state index is 0.00876. The monoisotopic (exact) mass is 360 g/mol. The molecule has 6 atom stereocenters. The Morgan fingerprint density at radius 2 is 1.92 bits per heavy atom. The van der Waals surface area contributed by atoms with Gasteiger partial charge in [-0.25, -0.2) is 0 Å². The molecule has 2 heterocycles. The summed E-state index contributed by atoms with van der Waals surface area (Å²) >= 11 is 0. The number of ether oxygens (including phenoxy) is 2. The summed E-state index contributed by atoms with van der Waals surface area (Å²) in [4.78, 5) is 25.7. The van der Waals surface area contributed by atoms with E-state index in [1.165, 1.54) is 0 Å². The van der Waals surface area contributed by atoms with E-state index >= 15 is 0 Å². The van der Waals surface area contributed by atoms with Crippen molar-refractivity contribution in [3.63, 3.8) is 0 Å². The van der Waals surface area contributed by atoms with Crippen molar-refractivity contribution in [2.75, 3.05) is 6.61 Å². The molecule has 4 aliphatic rings. The van der Waals surface area contributed by atoms with E-state index in [-0.39, 0.29) is 36.1 Å². The van der Waals surface area contributed by atoms with E-state index in [4.69, 9.17) is 9.47 Å². The molecular formula is C21H28O5. The minimum Gasteiger partial charge on any atom is -0.462 e. The number of aliphatic hydroxyl groups is 1. The molecule has 0 aromatic heterocycles. The second-order valence-electron chi connectivity index (χ2n) is 9.23. The average Bonchev–Trinajstić information content (AvgIpc) is 2.57. The van der Waals surface area contributed by atoms with Crippen molar-refractivity contribution >= 4 is 11.6 Å². The molecule has 0 spiro atoms. The first-order valence-electron chi connectivity index (χ1n) is 9.60. The molecule has 1 saturated carbocycles. The van der Waals surface area contributed by atoms with Gasteiger partial charge in [0.05, 0.1) is 12.2 Å². The van der Waals surface area contributed by atoms with Crippen molar-refractivity contribution < 1.29 is 24.2 Å². The smallest absolute Gasteiger partial charge is 0.286 e. The van der Waals surface area contributed by atoms with Crippen LogP contribution in [0.25, 0.3) is 0 Å². The summed E-state index contributed by atoms with van der Waals surface area (Å²) in [6, 6.07) is 0. The molecule has 2 aliphatic heterocycles. The maximum atomic E-state index is 13.1. The Hall–Kier alpha value is -1.62. The predicted octanol–water partition coefficient (Wildman–Crippen LogP) is 2.92. The van der Waals surface area contributed by atoms with Crippen LogP contribution in [-0.4, -0.2) is 35.0 Å². The van der Waals surface area contributed by atoms with Crippen LogP contribution in [0.2, 0.25) is 0 Å². The highest BCUT2D eigenvalue weighted by Crippen LogP contribution is 2.63. The van der Waals surface area contributed by atoms with Crippen LogP contribution in [0.5, 0.6) is 0 Å². The molecule has 2 aliphatic carbocycles. The zero-order valence-corrected chi connectivity index (χ0v) is 16.0. The Labute approximate surface area is 154 Å². The Morgan fingerprint density at radius 3 is 2.62 bits per heavy atom.